The quantitative estimate of drug-likeness (QED) is 0.759. The van der Waals surface area contributed by atoms with Gasteiger partial charge in [-0.05, 0) is 58.3 Å². The normalized spacial score (nSPS) is 29.1. The van der Waals surface area contributed by atoms with Gasteiger partial charge in [-0.3, -0.25) is 0 Å². The molecule has 1 N–H and O–H groups in total. The van der Waals surface area contributed by atoms with Crippen molar-refractivity contribution in [2.75, 3.05) is 13.2 Å². The van der Waals surface area contributed by atoms with E-state index in [-0.39, 0.29) is 5.60 Å². The molecule has 1 saturated carbocycles. The van der Waals surface area contributed by atoms with Gasteiger partial charge < -0.3 is 9.84 Å². The lowest BCUT2D eigenvalue weighted by Crippen LogP contribution is -2.26. The summed E-state index contributed by atoms with van der Waals surface area (Å²) in [4.78, 5) is 0. The topological polar surface area (TPSA) is 29.5 Å². The minimum atomic E-state index is -0.00612. The highest BCUT2D eigenvalue weighted by molar-refractivity contribution is 4.72. The first-order chi connectivity index (χ1) is 6.51. The summed E-state index contributed by atoms with van der Waals surface area (Å²) in [5.74, 6) is 1.28. The summed E-state index contributed by atoms with van der Waals surface area (Å²) >= 11 is 0. The summed E-state index contributed by atoms with van der Waals surface area (Å²) in [7, 11) is 0. The van der Waals surface area contributed by atoms with Gasteiger partial charge >= 0.3 is 0 Å². The average molecular weight is 200 g/mol. The van der Waals surface area contributed by atoms with Crippen molar-refractivity contribution in [1.29, 1.82) is 0 Å². The predicted molar refractivity (Wildman–Crippen MR) is 58.2 cm³/mol. The zero-order valence-corrected chi connectivity index (χ0v) is 9.75. The van der Waals surface area contributed by atoms with E-state index >= 15 is 0 Å². The van der Waals surface area contributed by atoms with Gasteiger partial charge in [-0.15, -0.1) is 0 Å². The van der Waals surface area contributed by atoms with E-state index in [0.717, 1.165) is 12.5 Å². The highest BCUT2D eigenvalue weighted by Gasteiger charge is 2.22. The van der Waals surface area contributed by atoms with Crippen LogP contribution < -0.4 is 0 Å². The molecule has 0 radical (unpaired) electrons. The van der Waals surface area contributed by atoms with Crippen molar-refractivity contribution in [1.82, 2.24) is 0 Å². The molecule has 84 valence electrons. The van der Waals surface area contributed by atoms with Crippen molar-refractivity contribution < 1.29 is 9.84 Å². The molecule has 0 aliphatic heterocycles. The summed E-state index contributed by atoms with van der Waals surface area (Å²) in [5.41, 5.74) is -0.00612. The SMILES string of the molecule is CC(C)(C)OCC1CCC(CO)CC1. The molecule has 1 aliphatic carbocycles. The number of aliphatic hydroxyl groups is 1. The predicted octanol–water partition coefficient (Wildman–Crippen LogP) is 2.60. The minimum Gasteiger partial charge on any atom is -0.396 e. The Morgan fingerprint density at radius 3 is 2.00 bits per heavy atom. The van der Waals surface area contributed by atoms with Gasteiger partial charge in [0.25, 0.3) is 0 Å². The van der Waals surface area contributed by atoms with E-state index < -0.39 is 0 Å². The van der Waals surface area contributed by atoms with Crippen LogP contribution in [0.5, 0.6) is 0 Å². The largest absolute Gasteiger partial charge is 0.396 e. The van der Waals surface area contributed by atoms with Crippen LogP contribution in [0, 0.1) is 11.8 Å². The van der Waals surface area contributed by atoms with Crippen LogP contribution in [0.25, 0.3) is 0 Å². The van der Waals surface area contributed by atoms with E-state index in [0.29, 0.717) is 12.5 Å². The van der Waals surface area contributed by atoms with Crippen molar-refractivity contribution in [2.45, 2.75) is 52.1 Å². The second-order valence-electron chi connectivity index (χ2n) is 5.49. The molecule has 0 atom stereocenters. The number of hydrogen-bond donors (Lipinski definition) is 1. The molecule has 0 bridgehead atoms. The Balaban J connectivity index is 2.16. The summed E-state index contributed by atoms with van der Waals surface area (Å²) in [6.45, 7) is 7.57. The molecule has 0 heterocycles. The first-order valence-electron chi connectivity index (χ1n) is 5.76. The third-order valence-electron chi connectivity index (χ3n) is 2.98. The average Bonchev–Trinajstić information content (AvgIpc) is 2.14. The van der Waals surface area contributed by atoms with Crippen LogP contribution in [0.3, 0.4) is 0 Å². The van der Waals surface area contributed by atoms with Crippen molar-refractivity contribution in [3.63, 3.8) is 0 Å². The molecule has 2 heteroatoms. The first kappa shape index (κ1) is 12.0. The third kappa shape index (κ3) is 4.43. The van der Waals surface area contributed by atoms with Crippen LogP contribution in [0.2, 0.25) is 0 Å². The molecule has 0 aromatic rings. The number of ether oxygens (including phenoxy) is 1. The molecule has 14 heavy (non-hydrogen) atoms. The highest BCUT2D eigenvalue weighted by atomic mass is 16.5. The molecule has 0 saturated heterocycles. The molecule has 2 nitrogen and oxygen atoms in total. The van der Waals surface area contributed by atoms with Crippen LogP contribution in [0.4, 0.5) is 0 Å². The fourth-order valence-electron chi connectivity index (χ4n) is 1.95. The smallest absolute Gasteiger partial charge is 0.0598 e. The van der Waals surface area contributed by atoms with Gasteiger partial charge in [0.2, 0.25) is 0 Å². The molecular weight excluding hydrogens is 176 g/mol. The number of hydrogen-bond acceptors (Lipinski definition) is 2. The fraction of sp³-hybridized carbons (Fsp3) is 1.00. The van der Waals surface area contributed by atoms with E-state index in [1.54, 1.807) is 0 Å². The van der Waals surface area contributed by atoms with Crippen molar-refractivity contribution in [3.8, 4) is 0 Å². The van der Waals surface area contributed by atoms with E-state index in [9.17, 15) is 0 Å². The van der Waals surface area contributed by atoms with Gasteiger partial charge in [0.05, 0.1) is 12.2 Å². The molecule has 1 aliphatic rings. The Labute approximate surface area is 87.7 Å². The molecule has 0 aromatic heterocycles. The van der Waals surface area contributed by atoms with E-state index in [4.69, 9.17) is 9.84 Å². The lowest BCUT2D eigenvalue weighted by molar-refractivity contribution is -0.0314. The zero-order chi connectivity index (χ0) is 10.6. The van der Waals surface area contributed by atoms with Crippen LogP contribution in [-0.2, 0) is 4.74 Å². The summed E-state index contributed by atoms with van der Waals surface area (Å²) in [6.07, 6.45) is 4.80. The van der Waals surface area contributed by atoms with Crippen molar-refractivity contribution >= 4 is 0 Å². The second-order valence-corrected chi connectivity index (χ2v) is 5.49. The van der Waals surface area contributed by atoms with Crippen LogP contribution >= 0.6 is 0 Å². The Morgan fingerprint density at radius 1 is 1.07 bits per heavy atom. The Kier molecular flexibility index (Phi) is 4.39. The minimum absolute atomic E-state index is 0.00612. The summed E-state index contributed by atoms with van der Waals surface area (Å²) in [6, 6.07) is 0. The number of rotatable bonds is 3. The maximum atomic E-state index is 9.01. The summed E-state index contributed by atoms with van der Waals surface area (Å²) in [5, 5.41) is 9.01. The van der Waals surface area contributed by atoms with Gasteiger partial charge in [0, 0.05) is 6.61 Å². The van der Waals surface area contributed by atoms with Gasteiger partial charge in [0.1, 0.15) is 0 Å². The maximum absolute atomic E-state index is 9.01. The lowest BCUT2D eigenvalue weighted by atomic mass is 9.83. The third-order valence-corrected chi connectivity index (χ3v) is 2.98. The fourth-order valence-corrected chi connectivity index (χ4v) is 1.95. The standard InChI is InChI=1S/C12H24O2/c1-12(2,3)14-9-11-6-4-10(8-13)5-7-11/h10-11,13H,4-9H2,1-3H3. The maximum Gasteiger partial charge on any atom is 0.0598 e. The van der Waals surface area contributed by atoms with Gasteiger partial charge in [0.15, 0.2) is 0 Å². The van der Waals surface area contributed by atoms with Crippen molar-refractivity contribution in [3.05, 3.63) is 0 Å². The lowest BCUT2D eigenvalue weighted by Gasteiger charge is -2.29. The Bertz CT molecular complexity index is 152. The Morgan fingerprint density at radius 2 is 1.57 bits per heavy atom. The van der Waals surface area contributed by atoms with Gasteiger partial charge in [-0.1, -0.05) is 0 Å². The molecule has 0 unspecified atom stereocenters. The van der Waals surface area contributed by atoms with Gasteiger partial charge in [-0.25, -0.2) is 0 Å². The van der Waals surface area contributed by atoms with Crippen LogP contribution in [-0.4, -0.2) is 23.9 Å². The summed E-state index contributed by atoms with van der Waals surface area (Å²) < 4.78 is 5.78. The molecule has 0 spiro atoms. The molecule has 1 fully saturated rings. The van der Waals surface area contributed by atoms with Gasteiger partial charge in [-0.2, -0.15) is 0 Å². The van der Waals surface area contributed by atoms with E-state index in [2.05, 4.69) is 20.8 Å². The second kappa shape index (κ2) is 5.13. The monoisotopic (exact) mass is 200 g/mol. The van der Waals surface area contributed by atoms with E-state index in [1.807, 2.05) is 0 Å². The highest BCUT2D eigenvalue weighted by Crippen LogP contribution is 2.29. The molecule has 0 amide bonds. The first-order valence-corrected chi connectivity index (χ1v) is 5.76. The van der Waals surface area contributed by atoms with E-state index in [1.165, 1.54) is 25.7 Å². The molecular formula is C12H24O2. The molecule has 0 aromatic carbocycles. The number of aliphatic hydroxyl groups excluding tert-OH is 1. The molecule has 1 rings (SSSR count). The van der Waals surface area contributed by atoms with Crippen LogP contribution in [0.15, 0.2) is 0 Å². The van der Waals surface area contributed by atoms with Crippen molar-refractivity contribution in [2.24, 2.45) is 11.8 Å². The zero-order valence-electron chi connectivity index (χ0n) is 9.75. The van der Waals surface area contributed by atoms with Crippen LogP contribution in [0.1, 0.15) is 46.5 Å². The Hall–Kier alpha value is -0.0800.